The van der Waals surface area contributed by atoms with E-state index in [1.54, 1.807) is 17.4 Å². The minimum absolute atomic E-state index is 0.130. The topological polar surface area (TPSA) is 92.2 Å². The van der Waals surface area contributed by atoms with Crippen molar-refractivity contribution >= 4 is 51.6 Å². The Balaban J connectivity index is 1.56. The average Bonchev–Trinajstić information content (AvgIpc) is 3.28. The predicted molar refractivity (Wildman–Crippen MR) is 120 cm³/mol. The van der Waals surface area contributed by atoms with Crippen molar-refractivity contribution in [1.29, 1.82) is 0 Å². The van der Waals surface area contributed by atoms with Gasteiger partial charge in [-0.05, 0) is 42.1 Å². The summed E-state index contributed by atoms with van der Waals surface area (Å²) in [6.07, 6.45) is 0. The van der Waals surface area contributed by atoms with Crippen LogP contribution in [0.3, 0.4) is 0 Å². The first-order chi connectivity index (χ1) is 14.5. The molecule has 0 spiro atoms. The zero-order valence-corrected chi connectivity index (χ0v) is 17.6. The van der Waals surface area contributed by atoms with E-state index in [0.717, 1.165) is 26.4 Å². The molecular formula is C22H17N3O3S2. The van der Waals surface area contributed by atoms with Crippen LogP contribution in [-0.4, -0.2) is 32.7 Å². The lowest BCUT2D eigenvalue weighted by atomic mass is 10.1. The molecule has 30 heavy (non-hydrogen) atoms. The van der Waals surface area contributed by atoms with Crippen molar-refractivity contribution in [2.75, 3.05) is 11.1 Å². The molecule has 2 N–H and O–H groups in total. The van der Waals surface area contributed by atoms with E-state index in [0.29, 0.717) is 11.5 Å². The number of aryl methyl sites for hydroxylation is 1. The number of carbonyl (C=O) groups excluding carboxylic acids is 1. The fourth-order valence-corrected chi connectivity index (χ4v) is 4.36. The normalized spacial score (nSPS) is 10.8. The highest BCUT2D eigenvalue weighted by atomic mass is 32.2. The van der Waals surface area contributed by atoms with Crippen LogP contribution in [0.1, 0.15) is 15.9 Å². The minimum Gasteiger partial charge on any atom is -0.478 e. The number of carboxylic acids is 1. The first kappa shape index (κ1) is 20.1. The average molecular weight is 436 g/mol. The molecule has 0 aliphatic rings. The van der Waals surface area contributed by atoms with Crippen LogP contribution < -0.4 is 5.32 Å². The number of thioether (sulfide) groups is 1. The van der Waals surface area contributed by atoms with Gasteiger partial charge in [0.25, 0.3) is 0 Å². The lowest BCUT2D eigenvalue weighted by Gasteiger charge is -2.10. The van der Waals surface area contributed by atoms with Crippen LogP contribution >= 0.6 is 23.1 Å². The molecule has 2 heterocycles. The van der Waals surface area contributed by atoms with Gasteiger partial charge >= 0.3 is 5.97 Å². The number of hydrogen-bond donors (Lipinski definition) is 2. The van der Waals surface area contributed by atoms with E-state index in [2.05, 4.69) is 15.3 Å². The van der Waals surface area contributed by atoms with Crippen molar-refractivity contribution in [3.05, 3.63) is 71.1 Å². The third-order valence-electron chi connectivity index (χ3n) is 4.41. The van der Waals surface area contributed by atoms with Crippen molar-refractivity contribution < 1.29 is 14.7 Å². The van der Waals surface area contributed by atoms with Crippen molar-refractivity contribution in [2.24, 2.45) is 0 Å². The Hall–Kier alpha value is -3.23. The number of nitrogens with zero attached hydrogens (tertiary/aromatic N) is 2. The molecule has 4 rings (SSSR count). The Kier molecular flexibility index (Phi) is 5.78. The number of aromatic nitrogens is 2. The van der Waals surface area contributed by atoms with Gasteiger partial charge in [-0.1, -0.05) is 42.1 Å². The summed E-state index contributed by atoms with van der Waals surface area (Å²) in [4.78, 5) is 34.0. The van der Waals surface area contributed by atoms with Gasteiger partial charge in [-0.2, -0.15) is 0 Å². The van der Waals surface area contributed by atoms with E-state index in [9.17, 15) is 9.59 Å². The number of aromatic carboxylic acids is 1. The zero-order chi connectivity index (χ0) is 21.1. The van der Waals surface area contributed by atoms with Gasteiger partial charge in [0.15, 0.2) is 5.82 Å². The summed E-state index contributed by atoms with van der Waals surface area (Å²) >= 11 is 2.89. The third kappa shape index (κ3) is 4.34. The van der Waals surface area contributed by atoms with E-state index >= 15 is 0 Å². The lowest BCUT2D eigenvalue weighted by Crippen LogP contribution is -2.15. The number of hydrogen-bond acceptors (Lipinski definition) is 6. The van der Waals surface area contributed by atoms with Crippen LogP contribution in [0.15, 0.2) is 65.0 Å². The second kappa shape index (κ2) is 8.64. The van der Waals surface area contributed by atoms with Crippen LogP contribution in [-0.2, 0) is 4.79 Å². The Morgan fingerprint density at radius 3 is 2.70 bits per heavy atom. The Bertz CT molecular complexity index is 1240. The molecule has 2 aromatic heterocycles. The van der Waals surface area contributed by atoms with Gasteiger partial charge < -0.3 is 10.4 Å². The van der Waals surface area contributed by atoms with Gasteiger partial charge in [-0.15, -0.1) is 11.3 Å². The van der Waals surface area contributed by atoms with E-state index in [1.807, 2.05) is 48.7 Å². The number of fused-ring (bicyclic) bond motifs is 1. The van der Waals surface area contributed by atoms with Crippen molar-refractivity contribution in [1.82, 2.24) is 9.97 Å². The Labute approximate surface area is 181 Å². The number of carboxylic acid groups (broad SMARTS) is 1. The molecule has 6 nitrogen and oxygen atoms in total. The second-order valence-electron chi connectivity index (χ2n) is 6.52. The van der Waals surface area contributed by atoms with Crippen LogP contribution in [0.25, 0.3) is 21.6 Å². The standard InChI is InChI=1S/C22H17N3O3S2/c1-13-8-9-14(22(27)28)11-17(13)23-19(26)12-30-21-15-5-2-3-6-16(15)24-20(25-21)18-7-4-10-29-18/h2-11H,12H2,1H3,(H,23,26)(H,27,28). The molecule has 8 heteroatoms. The third-order valence-corrected chi connectivity index (χ3v) is 6.27. The van der Waals surface area contributed by atoms with Crippen molar-refractivity contribution in [3.63, 3.8) is 0 Å². The lowest BCUT2D eigenvalue weighted by molar-refractivity contribution is -0.113. The smallest absolute Gasteiger partial charge is 0.335 e. The predicted octanol–water partition coefficient (Wildman–Crippen LogP) is 5.10. The molecule has 150 valence electrons. The van der Waals surface area contributed by atoms with E-state index < -0.39 is 5.97 Å². The summed E-state index contributed by atoms with van der Waals surface area (Å²) in [5.74, 6) is -0.488. The number of rotatable bonds is 6. The monoisotopic (exact) mass is 435 g/mol. The highest BCUT2D eigenvalue weighted by Crippen LogP contribution is 2.30. The van der Waals surface area contributed by atoms with Crippen LogP contribution in [0.5, 0.6) is 0 Å². The SMILES string of the molecule is Cc1ccc(C(=O)O)cc1NC(=O)CSc1nc(-c2cccs2)nc2ccccc12. The number of benzene rings is 2. The molecule has 0 bridgehead atoms. The molecule has 2 aromatic carbocycles. The first-order valence-electron chi connectivity index (χ1n) is 9.08. The number of anilines is 1. The van der Waals surface area contributed by atoms with Crippen LogP contribution in [0, 0.1) is 6.92 Å². The minimum atomic E-state index is -1.03. The fraction of sp³-hybridized carbons (Fsp3) is 0.0909. The molecule has 4 aromatic rings. The zero-order valence-electron chi connectivity index (χ0n) is 16.0. The number of carbonyl (C=O) groups is 2. The van der Waals surface area contributed by atoms with Crippen molar-refractivity contribution in [2.45, 2.75) is 11.9 Å². The molecule has 0 aliphatic heterocycles. The molecule has 0 saturated heterocycles. The maximum atomic E-state index is 12.5. The Morgan fingerprint density at radius 2 is 1.93 bits per heavy atom. The first-order valence-corrected chi connectivity index (χ1v) is 10.9. The number of para-hydroxylation sites is 1. The molecule has 0 fully saturated rings. The van der Waals surface area contributed by atoms with Gasteiger partial charge in [0, 0.05) is 11.1 Å². The molecule has 1 amide bonds. The quantitative estimate of drug-likeness (QED) is 0.324. The number of thiophene rings is 1. The maximum Gasteiger partial charge on any atom is 0.335 e. The fourth-order valence-electron chi connectivity index (χ4n) is 2.88. The molecule has 0 radical (unpaired) electrons. The summed E-state index contributed by atoms with van der Waals surface area (Å²) in [6.45, 7) is 1.82. The summed E-state index contributed by atoms with van der Waals surface area (Å²) < 4.78 is 0. The van der Waals surface area contributed by atoms with Gasteiger partial charge in [-0.25, -0.2) is 14.8 Å². The number of nitrogens with one attached hydrogen (secondary N) is 1. The molecule has 0 unspecified atom stereocenters. The summed E-state index contributed by atoms with van der Waals surface area (Å²) in [5.41, 5.74) is 2.24. The van der Waals surface area contributed by atoms with Crippen LogP contribution in [0.2, 0.25) is 0 Å². The highest BCUT2D eigenvalue weighted by molar-refractivity contribution is 8.00. The van der Waals surface area contributed by atoms with E-state index in [4.69, 9.17) is 5.11 Å². The Morgan fingerprint density at radius 1 is 1.10 bits per heavy atom. The highest BCUT2D eigenvalue weighted by Gasteiger charge is 2.14. The summed E-state index contributed by atoms with van der Waals surface area (Å²) in [7, 11) is 0. The summed E-state index contributed by atoms with van der Waals surface area (Å²) in [6, 6.07) is 16.3. The number of amides is 1. The van der Waals surface area contributed by atoms with Gasteiger partial charge in [0.1, 0.15) is 5.03 Å². The molecule has 0 saturated carbocycles. The summed E-state index contributed by atoms with van der Waals surface area (Å²) in [5, 5.41) is 15.6. The van der Waals surface area contributed by atoms with E-state index in [-0.39, 0.29) is 17.2 Å². The largest absolute Gasteiger partial charge is 0.478 e. The van der Waals surface area contributed by atoms with Gasteiger partial charge in [-0.3, -0.25) is 4.79 Å². The molecular weight excluding hydrogens is 418 g/mol. The van der Waals surface area contributed by atoms with Gasteiger partial charge in [0.2, 0.25) is 5.91 Å². The maximum absolute atomic E-state index is 12.5. The molecule has 0 atom stereocenters. The van der Waals surface area contributed by atoms with Crippen LogP contribution in [0.4, 0.5) is 5.69 Å². The second-order valence-corrected chi connectivity index (χ2v) is 8.43. The van der Waals surface area contributed by atoms with Crippen molar-refractivity contribution in [3.8, 4) is 10.7 Å². The van der Waals surface area contributed by atoms with E-state index in [1.165, 1.54) is 23.9 Å². The molecule has 0 aliphatic carbocycles. The van der Waals surface area contributed by atoms with Gasteiger partial charge in [0.05, 0.1) is 21.7 Å².